The number of aromatic nitrogens is 1. The van der Waals surface area contributed by atoms with E-state index in [0.717, 1.165) is 12.3 Å². The van der Waals surface area contributed by atoms with Gasteiger partial charge in [-0.1, -0.05) is 35.5 Å². The second-order valence-electron chi connectivity index (χ2n) is 3.85. The molecule has 2 aromatic rings. The van der Waals surface area contributed by atoms with E-state index in [2.05, 4.69) is 9.68 Å². The number of carbonyl (C=O) groups is 1. The molecule has 2 N–H and O–H groups in total. The van der Waals surface area contributed by atoms with Crippen LogP contribution < -0.4 is 5.73 Å². The normalized spacial score (nSPS) is 14.9. The van der Waals surface area contributed by atoms with Gasteiger partial charge in [0.05, 0.1) is 6.20 Å². The third-order valence-electron chi connectivity index (χ3n) is 2.81. The number of primary amides is 1. The fourth-order valence-corrected chi connectivity index (χ4v) is 1.95. The molecule has 0 spiro atoms. The molecule has 0 aliphatic heterocycles. The van der Waals surface area contributed by atoms with Crippen molar-refractivity contribution in [1.82, 2.24) is 5.16 Å². The summed E-state index contributed by atoms with van der Waals surface area (Å²) >= 11 is 0. The van der Waals surface area contributed by atoms with Gasteiger partial charge in [-0.3, -0.25) is 4.79 Å². The predicted octanol–water partition coefficient (Wildman–Crippen LogP) is 2.01. The first-order chi connectivity index (χ1) is 8.90. The minimum Gasteiger partial charge on any atom is -0.368 e. The number of benzene rings is 1. The zero-order valence-corrected chi connectivity index (χ0v) is 9.52. The summed E-state index contributed by atoms with van der Waals surface area (Å²) in [6.07, 6.45) is -3.92. The lowest BCUT2D eigenvalue weighted by Crippen LogP contribution is -2.53. The highest BCUT2D eigenvalue weighted by Crippen LogP contribution is 2.46. The third-order valence-corrected chi connectivity index (χ3v) is 2.81. The van der Waals surface area contributed by atoms with Crippen molar-refractivity contribution < 1.29 is 22.5 Å². The maximum atomic E-state index is 13.5. The van der Waals surface area contributed by atoms with E-state index in [1.165, 1.54) is 30.3 Å². The molecule has 1 aromatic heterocycles. The maximum Gasteiger partial charge on any atom is 0.414 e. The van der Waals surface area contributed by atoms with Crippen LogP contribution in [0.4, 0.5) is 13.2 Å². The van der Waals surface area contributed by atoms with Crippen molar-refractivity contribution in [3.63, 3.8) is 0 Å². The molecule has 0 aliphatic rings. The molecule has 100 valence electrons. The van der Waals surface area contributed by atoms with E-state index >= 15 is 0 Å². The van der Waals surface area contributed by atoms with Crippen LogP contribution in [0.25, 0.3) is 0 Å². The summed E-state index contributed by atoms with van der Waals surface area (Å²) in [6.45, 7) is 0. The molecule has 19 heavy (non-hydrogen) atoms. The van der Waals surface area contributed by atoms with Crippen LogP contribution in [0.2, 0.25) is 0 Å². The molecule has 0 fully saturated rings. The van der Waals surface area contributed by atoms with Crippen LogP contribution in [0.3, 0.4) is 0 Å². The SMILES string of the molecule is NC(=O)C(c1ccccc1)(c1ccno1)C(F)(F)F. The van der Waals surface area contributed by atoms with Crippen molar-refractivity contribution in [1.29, 1.82) is 0 Å². The van der Waals surface area contributed by atoms with Crippen molar-refractivity contribution in [2.45, 2.75) is 11.6 Å². The van der Waals surface area contributed by atoms with E-state index in [4.69, 9.17) is 5.73 Å². The highest BCUT2D eigenvalue weighted by Gasteiger charge is 2.64. The largest absolute Gasteiger partial charge is 0.414 e. The van der Waals surface area contributed by atoms with Gasteiger partial charge in [0.25, 0.3) is 0 Å². The van der Waals surface area contributed by atoms with Crippen LogP contribution >= 0.6 is 0 Å². The van der Waals surface area contributed by atoms with E-state index < -0.39 is 23.3 Å². The number of carbonyl (C=O) groups excluding carboxylic acids is 1. The molecule has 1 atom stereocenters. The van der Waals surface area contributed by atoms with Gasteiger partial charge in [-0.2, -0.15) is 13.2 Å². The topological polar surface area (TPSA) is 69.1 Å². The highest BCUT2D eigenvalue weighted by molar-refractivity contribution is 5.91. The van der Waals surface area contributed by atoms with Gasteiger partial charge in [0, 0.05) is 6.07 Å². The number of hydrogen-bond donors (Lipinski definition) is 1. The van der Waals surface area contributed by atoms with Crippen molar-refractivity contribution in [2.75, 3.05) is 0 Å². The van der Waals surface area contributed by atoms with Crippen LogP contribution in [0.5, 0.6) is 0 Å². The van der Waals surface area contributed by atoms with E-state index in [9.17, 15) is 18.0 Å². The van der Waals surface area contributed by atoms with Crippen LogP contribution in [0.15, 0.2) is 47.1 Å². The molecule has 2 rings (SSSR count). The predicted molar refractivity (Wildman–Crippen MR) is 59.0 cm³/mol. The minimum atomic E-state index is -4.94. The van der Waals surface area contributed by atoms with E-state index in [0.29, 0.717) is 0 Å². The number of nitrogens with zero attached hydrogens (tertiary/aromatic N) is 1. The van der Waals surface area contributed by atoms with Gasteiger partial charge < -0.3 is 10.3 Å². The Bertz CT molecular complexity index is 566. The van der Waals surface area contributed by atoms with Crippen LogP contribution in [0, 0.1) is 0 Å². The van der Waals surface area contributed by atoms with E-state index in [-0.39, 0.29) is 5.56 Å². The van der Waals surface area contributed by atoms with E-state index in [1.54, 1.807) is 0 Å². The zero-order chi connectivity index (χ0) is 14.1. The first-order valence-corrected chi connectivity index (χ1v) is 5.24. The molecule has 0 saturated carbocycles. The van der Waals surface area contributed by atoms with Crippen molar-refractivity contribution >= 4 is 5.91 Å². The summed E-state index contributed by atoms with van der Waals surface area (Å²) in [7, 11) is 0. The molecule has 7 heteroatoms. The molecular formula is C12H9F3N2O2. The lowest BCUT2D eigenvalue weighted by atomic mass is 9.76. The highest BCUT2D eigenvalue weighted by atomic mass is 19.4. The molecule has 1 heterocycles. The fraction of sp³-hybridized carbons (Fsp3) is 0.167. The Morgan fingerprint density at radius 1 is 1.16 bits per heavy atom. The van der Waals surface area contributed by atoms with Crippen LogP contribution in [-0.2, 0) is 10.2 Å². The average molecular weight is 270 g/mol. The van der Waals surface area contributed by atoms with Crippen molar-refractivity contribution in [3.05, 3.63) is 53.9 Å². The van der Waals surface area contributed by atoms with Gasteiger partial charge in [-0.15, -0.1) is 0 Å². The standard InChI is InChI=1S/C12H9F3N2O2/c13-12(14,15)11(10(16)18,9-6-7-17-19-9)8-4-2-1-3-5-8/h1-7H,(H2,16,18). The number of halogens is 3. The Hall–Kier alpha value is -2.31. The quantitative estimate of drug-likeness (QED) is 0.927. The smallest absolute Gasteiger partial charge is 0.368 e. The first-order valence-electron chi connectivity index (χ1n) is 5.24. The van der Waals surface area contributed by atoms with Crippen molar-refractivity contribution in [3.8, 4) is 0 Å². The lowest BCUT2D eigenvalue weighted by molar-refractivity contribution is -0.187. The Balaban J connectivity index is 2.79. The van der Waals surface area contributed by atoms with Gasteiger partial charge in [-0.25, -0.2) is 0 Å². The number of alkyl halides is 3. The number of nitrogens with two attached hydrogens (primary N) is 1. The zero-order valence-electron chi connectivity index (χ0n) is 9.52. The van der Waals surface area contributed by atoms with Gasteiger partial charge >= 0.3 is 6.18 Å². The molecule has 0 bridgehead atoms. The Kier molecular flexibility index (Phi) is 3.05. The molecule has 0 radical (unpaired) electrons. The molecule has 4 nitrogen and oxygen atoms in total. The summed E-state index contributed by atoms with van der Waals surface area (Å²) in [4.78, 5) is 11.6. The summed E-state index contributed by atoms with van der Waals surface area (Å²) in [6, 6.07) is 7.61. The number of amides is 1. The van der Waals surface area contributed by atoms with E-state index in [1.807, 2.05) is 0 Å². The third kappa shape index (κ3) is 1.87. The fourth-order valence-electron chi connectivity index (χ4n) is 1.95. The minimum absolute atomic E-state index is 0.313. The van der Waals surface area contributed by atoms with Crippen molar-refractivity contribution in [2.24, 2.45) is 5.73 Å². The van der Waals surface area contributed by atoms with Gasteiger partial charge in [-0.05, 0) is 5.56 Å². The second-order valence-corrected chi connectivity index (χ2v) is 3.85. The van der Waals surface area contributed by atoms with Gasteiger partial charge in [0.15, 0.2) is 5.76 Å². The molecule has 0 aliphatic carbocycles. The van der Waals surface area contributed by atoms with Gasteiger partial charge in [0.2, 0.25) is 11.3 Å². The first kappa shape index (κ1) is 13.1. The molecule has 1 aromatic carbocycles. The monoisotopic (exact) mass is 270 g/mol. The average Bonchev–Trinajstić information content (AvgIpc) is 2.83. The molecular weight excluding hydrogens is 261 g/mol. The number of hydrogen-bond acceptors (Lipinski definition) is 3. The molecule has 0 saturated heterocycles. The summed E-state index contributed by atoms with van der Waals surface area (Å²) in [5, 5.41) is 3.23. The summed E-state index contributed by atoms with van der Waals surface area (Å²) in [5.41, 5.74) is 1.68. The Morgan fingerprint density at radius 3 is 2.21 bits per heavy atom. The molecule has 1 unspecified atom stereocenters. The second kappa shape index (κ2) is 4.42. The maximum absolute atomic E-state index is 13.5. The molecule has 1 amide bonds. The summed E-state index contributed by atoms with van der Waals surface area (Å²) < 4.78 is 45.0. The van der Waals surface area contributed by atoms with Gasteiger partial charge in [0.1, 0.15) is 0 Å². The summed E-state index contributed by atoms with van der Waals surface area (Å²) in [5.74, 6) is -2.22. The van der Waals surface area contributed by atoms with Crippen LogP contribution in [-0.4, -0.2) is 17.2 Å². The Labute approximate surface area is 106 Å². The number of rotatable bonds is 3. The lowest BCUT2D eigenvalue weighted by Gasteiger charge is -2.30. The Morgan fingerprint density at radius 2 is 1.79 bits per heavy atom. The van der Waals surface area contributed by atoms with Crippen LogP contribution in [0.1, 0.15) is 11.3 Å².